The van der Waals surface area contributed by atoms with E-state index >= 15 is 0 Å². The van der Waals surface area contributed by atoms with Crippen LogP contribution in [0.2, 0.25) is 0 Å². The van der Waals surface area contributed by atoms with Gasteiger partial charge in [-0.15, -0.1) is 0 Å². The lowest BCUT2D eigenvalue weighted by molar-refractivity contribution is -0.138. The van der Waals surface area contributed by atoms with Crippen molar-refractivity contribution < 1.29 is 14.7 Å². The Balaban J connectivity index is 1.67. The topological polar surface area (TPSA) is 72.9 Å². The van der Waals surface area contributed by atoms with Gasteiger partial charge in [-0.3, -0.25) is 14.5 Å². The molecule has 2 aliphatic heterocycles. The maximum Gasteiger partial charge on any atom is 0.304 e. The first kappa shape index (κ1) is 14.3. The number of nitrogens with one attached hydrogen (secondary N) is 1. The zero-order valence-corrected chi connectivity index (χ0v) is 11.3. The van der Waals surface area contributed by atoms with Gasteiger partial charge in [0.05, 0.1) is 6.42 Å². The molecule has 0 radical (unpaired) electrons. The van der Waals surface area contributed by atoms with Crippen LogP contribution in [0.1, 0.15) is 19.3 Å². The highest BCUT2D eigenvalue weighted by molar-refractivity contribution is 5.76. The van der Waals surface area contributed by atoms with Gasteiger partial charge < -0.3 is 15.3 Å². The van der Waals surface area contributed by atoms with E-state index in [1.807, 2.05) is 4.90 Å². The fourth-order valence-corrected chi connectivity index (χ4v) is 2.74. The van der Waals surface area contributed by atoms with E-state index in [1.54, 1.807) is 0 Å². The number of amides is 1. The lowest BCUT2D eigenvalue weighted by atomic mass is 10.0. The summed E-state index contributed by atoms with van der Waals surface area (Å²) in [4.78, 5) is 26.7. The van der Waals surface area contributed by atoms with Gasteiger partial charge in [0.2, 0.25) is 5.91 Å². The van der Waals surface area contributed by atoms with Gasteiger partial charge in [0.25, 0.3) is 0 Å². The van der Waals surface area contributed by atoms with Gasteiger partial charge in [-0.2, -0.15) is 0 Å². The van der Waals surface area contributed by atoms with Gasteiger partial charge in [-0.1, -0.05) is 0 Å². The first-order valence-electron chi connectivity index (χ1n) is 7.08. The Morgan fingerprint density at radius 1 is 1.21 bits per heavy atom. The Hall–Kier alpha value is -1.14. The third-order valence-electron chi connectivity index (χ3n) is 3.99. The average Bonchev–Trinajstić information content (AvgIpc) is 2.89. The SMILES string of the molecule is O=C(O)CCN1CCN(C(=O)CC2CCNC2)CC1. The second kappa shape index (κ2) is 6.86. The second-order valence-electron chi connectivity index (χ2n) is 5.43. The molecule has 0 bridgehead atoms. The van der Waals surface area contributed by atoms with E-state index in [0.717, 1.165) is 45.7 Å². The van der Waals surface area contributed by atoms with E-state index in [-0.39, 0.29) is 12.3 Å². The van der Waals surface area contributed by atoms with E-state index in [0.29, 0.717) is 18.9 Å². The summed E-state index contributed by atoms with van der Waals surface area (Å²) < 4.78 is 0. The van der Waals surface area contributed by atoms with Crippen molar-refractivity contribution >= 4 is 11.9 Å². The van der Waals surface area contributed by atoms with Crippen molar-refractivity contribution in [3.05, 3.63) is 0 Å². The minimum atomic E-state index is -0.757. The number of carboxylic acid groups (broad SMARTS) is 1. The number of piperazine rings is 1. The van der Waals surface area contributed by atoms with Crippen LogP contribution in [0.3, 0.4) is 0 Å². The van der Waals surface area contributed by atoms with Crippen LogP contribution >= 0.6 is 0 Å². The lowest BCUT2D eigenvalue weighted by Crippen LogP contribution is -2.49. The van der Waals surface area contributed by atoms with Crippen LogP contribution in [0.15, 0.2) is 0 Å². The lowest BCUT2D eigenvalue weighted by Gasteiger charge is -2.35. The molecule has 1 unspecified atom stereocenters. The smallest absolute Gasteiger partial charge is 0.304 e. The third kappa shape index (κ3) is 4.47. The maximum absolute atomic E-state index is 12.1. The molecule has 0 aromatic rings. The molecule has 0 aromatic heterocycles. The van der Waals surface area contributed by atoms with Gasteiger partial charge in [0.1, 0.15) is 0 Å². The molecule has 0 aliphatic carbocycles. The van der Waals surface area contributed by atoms with Crippen LogP contribution in [0.25, 0.3) is 0 Å². The van der Waals surface area contributed by atoms with E-state index < -0.39 is 5.97 Å². The Labute approximate surface area is 113 Å². The van der Waals surface area contributed by atoms with Crippen molar-refractivity contribution in [2.24, 2.45) is 5.92 Å². The number of hydrogen-bond acceptors (Lipinski definition) is 4. The van der Waals surface area contributed by atoms with E-state index in [2.05, 4.69) is 10.2 Å². The molecular weight excluding hydrogens is 246 g/mol. The summed E-state index contributed by atoms with van der Waals surface area (Å²) >= 11 is 0. The predicted molar refractivity (Wildman–Crippen MR) is 70.9 cm³/mol. The number of carbonyl (C=O) groups excluding carboxylic acids is 1. The summed E-state index contributed by atoms with van der Waals surface area (Å²) in [6.07, 6.45) is 1.94. The molecule has 6 nitrogen and oxygen atoms in total. The van der Waals surface area contributed by atoms with Crippen LogP contribution in [0.5, 0.6) is 0 Å². The summed E-state index contributed by atoms with van der Waals surface area (Å²) in [5.74, 6) is -0.00337. The van der Waals surface area contributed by atoms with Gasteiger partial charge in [0, 0.05) is 39.1 Å². The molecular formula is C13H23N3O3. The number of nitrogens with zero attached hydrogens (tertiary/aromatic N) is 2. The molecule has 1 atom stereocenters. The molecule has 2 N–H and O–H groups in total. The van der Waals surface area contributed by atoms with Crippen LogP contribution < -0.4 is 5.32 Å². The zero-order chi connectivity index (χ0) is 13.7. The van der Waals surface area contributed by atoms with Crippen LogP contribution in [-0.4, -0.2) is 72.6 Å². The first-order valence-corrected chi connectivity index (χ1v) is 7.08. The third-order valence-corrected chi connectivity index (χ3v) is 3.99. The minimum absolute atomic E-state index is 0.182. The highest BCUT2D eigenvalue weighted by Crippen LogP contribution is 2.15. The summed E-state index contributed by atoms with van der Waals surface area (Å²) in [6.45, 7) is 5.64. The van der Waals surface area contributed by atoms with Crippen molar-refractivity contribution in [3.63, 3.8) is 0 Å². The second-order valence-corrected chi connectivity index (χ2v) is 5.43. The fourth-order valence-electron chi connectivity index (χ4n) is 2.74. The molecule has 2 fully saturated rings. The molecule has 2 saturated heterocycles. The Morgan fingerprint density at radius 3 is 2.53 bits per heavy atom. The Kier molecular flexibility index (Phi) is 5.15. The summed E-state index contributed by atoms with van der Waals surface area (Å²) in [6, 6.07) is 0. The average molecular weight is 269 g/mol. The zero-order valence-electron chi connectivity index (χ0n) is 11.3. The standard InChI is InChI=1S/C13H23N3O3/c17-12(9-11-1-3-14-10-11)16-7-5-15(6-8-16)4-2-13(18)19/h11,14H,1-10H2,(H,18,19). The molecule has 0 spiro atoms. The number of rotatable bonds is 5. The van der Waals surface area contributed by atoms with Gasteiger partial charge in [0.15, 0.2) is 0 Å². The molecule has 0 saturated carbocycles. The quantitative estimate of drug-likeness (QED) is 0.711. The molecule has 6 heteroatoms. The van der Waals surface area contributed by atoms with Crippen LogP contribution in [0, 0.1) is 5.92 Å². The van der Waals surface area contributed by atoms with Crippen molar-refractivity contribution in [1.82, 2.24) is 15.1 Å². The largest absolute Gasteiger partial charge is 0.481 e. The van der Waals surface area contributed by atoms with Crippen LogP contribution in [0.4, 0.5) is 0 Å². The predicted octanol–water partition coefficient (Wildman–Crippen LogP) is -0.395. The van der Waals surface area contributed by atoms with Crippen molar-refractivity contribution in [3.8, 4) is 0 Å². The van der Waals surface area contributed by atoms with E-state index in [1.165, 1.54) is 0 Å². The number of hydrogen-bond donors (Lipinski definition) is 2. The van der Waals surface area contributed by atoms with E-state index in [4.69, 9.17) is 5.11 Å². The van der Waals surface area contributed by atoms with Gasteiger partial charge in [-0.05, 0) is 25.4 Å². The Bertz CT molecular complexity index is 321. The van der Waals surface area contributed by atoms with Gasteiger partial charge >= 0.3 is 5.97 Å². The molecule has 0 aromatic carbocycles. The van der Waals surface area contributed by atoms with Crippen LogP contribution in [-0.2, 0) is 9.59 Å². The highest BCUT2D eigenvalue weighted by atomic mass is 16.4. The molecule has 2 heterocycles. The van der Waals surface area contributed by atoms with Crippen molar-refractivity contribution in [2.45, 2.75) is 19.3 Å². The monoisotopic (exact) mass is 269 g/mol. The first-order chi connectivity index (χ1) is 9.15. The fraction of sp³-hybridized carbons (Fsp3) is 0.846. The molecule has 1 amide bonds. The molecule has 108 valence electrons. The minimum Gasteiger partial charge on any atom is -0.481 e. The number of carbonyl (C=O) groups is 2. The van der Waals surface area contributed by atoms with Crippen molar-refractivity contribution in [2.75, 3.05) is 45.8 Å². The van der Waals surface area contributed by atoms with Crippen molar-refractivity contribution in [1.29, 1.82) is 0 Å². The molecule has 2 rings (SSSR count). The van der Waals surface area contributed by atoms with Gasteiger partial charge in [-0.25, -0.2) is 0 Å². The maximum atomic E-state index is 12.1. The Morgan fingerprint density at radius 2 is 1.95 bits per heavy atom. The van der Waals surface area contributed by atoms with E-state index in [9.17, 15) is 9.59 Å². The summed E-state index contributed by atoms with van der Waals surface area (Å²) in [5, 5.41) is 11.9. The molecule has 19 heavy (non-hydrogen) atoms. The summed E-state index contributed by atoms with van der Waals surface area (Å²) in [7, 11) is 0. The number of aliphatic carboxylic acids is 1. The molecule has 2 aliphatic rings. The number of carboxylic acids is 1. The highest BCUT2D eigenvalue weighted by Gasteiger charge is 2.24. The summed E-state index contributed by atoms with van der Waals surface area (Å²) in [5.41, 5.74) is 0. The normalized spacial score (nSPS) is 24.6.